The zero-order valence-corrected chi connectivity index (χ0v) is 11.8. The maximum absolute atomic E-state index is 12.1. The van der Waals surface area contributed by atoms with Crippen molar-refractivity contribution in [2.75, 3.05) is 18.5 Å². The lowest BCUT2D eigenvalue weighted by atomic mass is 9.99. The van der Waals surface area contributed by atoms with Gasteiger partial charge in [0.15, 0.2) is 0 Å². The number of hydrogen-bond donors (Lipinski definition) is 2. The normalized spacial score (nSPS) is 15.4. The minimum absolute atomic E-state index is 0.324. The molecule has 2 N–H and O–H groups in total. The largest absolute Gasteiger partial charge is 0.480 e. The third-order valence-electron chi connectivity index (χ3n) is 3.70. The van der Waals surface area contributed by atoms with Crippen LogP contribution >= 0.6 is 0 Å². The smallest absolute Gasteiger partial charge is 0.326 e. The Bertz CT molecular complexity index is 528. The number of aliphatic carboxylic acids is 1. The molecule has 5 heteroatoms. The van der Waals surface area contributed by atoms with E-state index in [9.17, 15) is 9.59 Å². The average molecular weight is 276 g/mol. The average Bonchev–Trinajstić information content (AvgIpc) is 2.44. The quantitative estimate of drug-likeness (QED) is 0.877. The number of carbonyl (C=O) groups excluding carboxylic acids is 1. The fourth-order valence-electron chi connectivity index (χ4n) is 2.51. The van der Waals surface area contributed by atoms with Crippen LogP contribution in [0.25, 0.3) is 0 Å². The number of rotatable bonds is 4. The highest BCUT2D eigenvalue weighted by Gasteiger charge is 2.20. The van der Waals surface area contributed by atoms with E-state index in [1.807, 2.05) is 19.2 Å². The lowest BCUT2D eigenvalue weighted by molar-refractivity contribution is -0.139. The molecular weight excluding hydrogens is 256 g/mol. The topological polar surface area (TPSA) is 69.6 Å². The number of anilines is 1. The van der Waals surface area contributed by atoms with Gasteiger partial charge in [0.2, 0.25) is 0 Å². The molecule has 20 heavy (non-hydrogen) atoms. The van der Waals surface area contributed by atoms with E-state index in [-0.39, 0.29) is 5.91 Å². The summed E-state index contributed by atoms with van der Waals surface area (Å²) in [7, 11) is 2.04. The van der Waals surface area contributed by atoms with E-state index in [1.165, 1.54) is 0 Å². The first-order valence-corrected chi connectivity index (χ1v) is 6.90. The van der Waals surface area contributed by atoms with Gasteiger partial charge in [-0.05, 0) is 43.0 Å². The van der Waals surface area contributed by atoms with Crippen LogP contribution < -0.4 is 10.2 Å². The number of carbonyl (C=O) groups is 2. The molecule has 108 valence electrons. The Balaban J connectivity index is 2.17. The highest BCUT2D eigenvalue weighted by atomic mass is 16.4. The highest BCUT2D eigenvalue weighted by Crippen LogP contribution is 2.26. The summed E-state index contributed by atoms with van der Waals surface area (Å²) >= 11 is 0. The molecule has 1 amide bonds. The number of carboxylic acids is 1. The van der Waals surface area contributed by atoms with Crippen LogP contribution in [-0.4, -0.2) is 36.6 Å². The molecule has 0 aromatic heterocycles. The maximum Gasteiger partial charge on any atom is 0.326 e. The van der Waals surface area contributed by atoms with Gasteiger partial charge in [0.05, 0.1) is 0 Å². The SMILES string of the molecule is CCC(NC(=O)c1ccc2c(c1)CCCN2C)C(=O)O. The first-order chi connectivity index (χ1) is 9.52. The van der Waals surface area contributed by atoms with E-state index in [4.69, 9.17) is 5.11 Å². The van der Waals surface area contributed by atoms with E-state index in [0.717, 1.165) is 30.6 Å². The summed E-state index contributed by atoms with van der Waals surface area (Å²) < 4.78 is 0. The third-order valence-corrected chi connectivity index (χ3v) is 3.70. The van der Waals surface area contributed by atoms with E-state index < -0.39 is 12.0 Å². The monoisotopic (exact) mass is 276 g/mol. The van der Waals surface area contributed by atoms with Crippen molar-refractivity contribution in [3.8, 4) is 0 Å². The van der Waals surface area contributed by atoms with Crippen molar-refractivity contribution < 1.29 is 14.7 Å². The lowest BCUT2D eigenvalue weighted by Crippen LogP contribution is -2.40. The fourth-order valence-corrected chi connectivity index (χ4v) is 2.51. The van der Waals surface area contributed by atoms with Gasteiger partial charge in [-0.25, -0.2) is 4.79 Å². The summed E-state index contributed by atoms with van der Waals surface area (Å²) in [5, 5.41) is 11.5. The number of nitrogens with one attached hydrogen (secondary N) is 1. The fraction of sp³-hybridized carbons (Fsp3) is 0.467. The van der Waals surface area contributed by atoms with Gasteiger partial charge in [-0.1, -0.05) is 6.92 Å². The first-order valence-electron chi connectivity index (χ1n) is 6.90. The molecule has 0 radical (unpaired) electrons. The molecular formula is C15H20N2O3. The molecule has 1 aromatic carbocycles. The Morgan fingerprint density at radius 2 is 2.20 bits per heavy atom. The maximum atomic E-state index is 12.1. The standard InChI is InChI=1S/C15H20N2O3/c1-3-12(15(19)20)16-14(18)11-6-7-13-10(9-11)5-4-8-17(13)2/h6-7,9,12H,3-5,8H2,1-2H3,(H,16,18)(H,19,20). The Hall–Kier alpha value is -2.04. The van der Waals surface area contributed by atoms with Gasteiger partial charge < -0.3 is 15.3 Å². The number of aryl methyl sites for hydroxylation is 1. The van der Waals surface area contributed by atoms with Gasteiger partial charge in [-0.3, -0.25) is 4.79 Å². The predicted molar refractivity (Wildman–Crippen MR) is 77.2 cm³/mol. The van der Waals surface area contributed by atoms with Crippen LogP contribution in [0, 0.1) is 0 Å². The van der Waals surface area contributed by atoms with Gasteiger partial charge in [0, 0.05) is 24.8 Å². The molecule has 1 atom stereocenters. The molecule has 1 unspecified atom stereocenters. The van der Waals surface area contributed by atoms with Crippen molar-refractivity contribution >= 4 is 17.6 Å². The molecule has 0 aliphatic carbocycles. The molecule has 0 spiro atoms. The van der Waals surface area contributed by atoms with Crippen molar-refractivity contribution in [3.05, 3.63) is 29.3 Å². The molecule has 0 saturated carbocycles. The van der Waals surface area contributed by atoms with Crippen molar-refractivity contribution in [3.63, 3.8) is 0 Å². The van der Waals surface area contributed by atoms with Gasteiger partial charge >= 0.3 is 5.97 Å². The lowest BCUT2D eigenvalue weighted by Gasteiger charge is -2.27. The van der Waals surface area contributed by atoms with Crippen LogP contribution in [0.3, 0.4) is 0 Å². The number of nitrogens with zero attached hydrogens (tertiary/aromatic N) is 1. The first kappa shape index (κ1) is 14.4. The summed E-state index contributed by atoms with van der Waals surface area (Å²) in [6.07, 6.45) is 2.40. The van der Waals surface area contributed by atoms with Gasteiger partial charge in [-0.2, -0.15) is 0 Å². The molecule has 1 aliphatic rings. The second-order valence-electron chi connectivity index (χ2n) is 5.14. The molecule has 2 rings (SSSR count). The third kappa shape index (κ3) is 2.92. The molecule has 1 aromatic rings. The van der Waals surface area contributed by atoms with Gasteiger partial charge in [0.1, 0.15) is 6.04 Å². The van der Waals surface area contributed by atoms with Crippen LogP contribution in [0.5, 0.6) is 0 Å². The van der Waals surface area contributed by atoms with Gasteiger partial charge in [-0.15, -0.1) is 0 Å². The van der Waals surface area contributed by atoms with Crippen LogP contribution in [0.1, 0.15) is 35.7 Å². The van der Waals surface area contributed by atoms with Crippen molar-refractivity contribution in [2.24, 2.45) is 0 Å². The van der Waals surface area contributed by atoms with Crippen molar-refractivity contribution in [1.29, 1.82) is 0 Å². The Morgan fingerprint density at radius 1 is 1.45 bits per heavy atom. The zero-order chi connectivity index (χ0) is 14.7. The number of amides is 1. The summed E-state index contributed by atoms with van der Waals surface area (Å²) in [6.45, 7) is 2.76. The second-order valence-corrected chi connectivity index (χ2v) is 5.14. The molecule has 5 nitrogen and oxygen atoms in total. The number of benzene rings is 1. The summed E-state index contributed by atoms with van der Waals surface area (Å²) in [5.74, 6) is -1.33. The van der Waals surface area contributed by atoms with Gasteiger partial charge in [0.25, 0.3) is 5.91 Å². The zero-order valence-electron chi connectivity index (χ0n) is 11.8. The number of fused-ring (bicyclic) bond motifs is 1. The van der Waals surface area contributed by atoms with Crippen LogP contribution in [0.4, 0.5) is 5.69 Å². The minimum Gasteiger partial charge on any atom is -0.480 e. The van der Waals surface area contributed by atoms with E-state index in [2.05, 4.69) is 10.2 Å². The van der Waals surface area contributed by atoms with Crippen molar-refractivity contribution in [2.45, 2.75) is 32.2 Å². The molecule has 0 saturated heterocycles. The van der Waals surface area contributed by atoms with Crippen molar-refractivity contribution in [1.82, 2.24) is 5.32 Å². The Labute approximate surface area is 118 Å². The summed E-state index contributed by atoms with van der Waals surface area (Å²) in [6, 6.07) is 4.73. The second kappa shape index (κ2) is 5.94. The number of carboxylic acid groups (broad SMARTS) is 1. The number of hydrogen-bond acceptors (Lipinski definition) is 3. The molecule has 1 heterocycles. The molecule has 0 fully saturated rings. The molecule has 1 aliphatic heterocycles. The summed E-state index contributed by atoms with van der Waals surface area (Å²) in [5.41, 5.74) is 2.83. The van der Waals surface area contributed by atoms with E-state index >= 15 is 0 Å². The van der Waals surface area contributed by atoms with Crippen LogP contribution in [-0.2, 0) is 11.2 Å². The van der Waals surface area contributed by atoms with E-state index in [0.29, 0.717) is 12.0 Å². The van der Waals surface area contributed by atoms with E-state index in [1.54, 1.807) is 13.0 Å². The Morgan fingerprint density at radius 3 is 2.85 bits per heavy atom. The highest BCUT2D eigenvalue weighted by molar-refractivity contribution is 5.97. The Kier molecular flexibility index (Phi) is 4.27. The van der Waals surface area contributed by atoms with Crippen LogP contribution in [0.2, 0.25) is 0 Å². The predicted octanol–water partition coefficient (Wildman–Crippen LogP) is 1.66. The summed E-state index contributed by atoms with van der Waals surface area (Å²) in [4.78, 5) is 25.2. The molecule has 0 bridgehead atoms. The minimum atomic E-state index is -1.00. The van der Waals surface area contributed by atoms with Crippen LogP contribution in [0.15, 0.2) is 18.2 Å².